The molecule has 8 nitrogen and oxygen atoms in total. The van der Waals surface area contributed by atoms with Gasteiger partial charge in [0.1, 0.15) is 12.1 Å². The van der Waals surface area contributed by atoms with Crippen LogP contribution in [0, 0.1) is 13.8 Å². The van der Waals surface area contributed by atoms with E-state index in [1.165, 1.54) is 13.8 Å². The van der Waals surface area contributed by atoms with Crippen molar-refractivity contribution in [1.82, 2.24) is 10.6 Å². The minimum absolute atomic E-state index is 0.162. The Bertz CT molecular complexity index is 322. The molecule has 0 aromatic carbocycles. The summed E-state index contributed by atoms with van der Waals surface area (Å²) in [5.74, 6) is -2.80. The molecule has 0 bridgehead atoms. The van der Waals surface area contributed by atoms with E-state index in [-0.39, 0.29) is 24.7 Å². The zero-order chi connectivity index (χ0) is 16.3. The molecule has 0 unspecified atom stereocenters. The van der Waals surface area contributed by atoms with Crippen molar-refractivity contribution in [1.29, 1.82) is 0 Å². The van der Waals surface area contributed by atoms with Crippen molar-refractivity contribution in [3.05, 3.63) is 13.8 Å². The van der Waals surface area contributed by atoms with Crippen LogP contribution in [0.15, 0.2) is 0 Å². The van der Waals surface area contributed by atoms with Crippen LogP contribution in [0.3, 0.4) is 0 Å². The van der Waals surface area contributed by atoms with Gasteiger partial charge >= 0.3 is 11.9 Å². The number of aliphatic carboxylic acids is 2. The molecule has 0 heterocycles. The summed E-state index contributed by atoms with van der Waals surface area (Å²) in [4.78, 5) is 41.1. The summed E-state index contributed by atoms with van der Waals surface area (Å²) in [6.45, 7) is 9.27. The molecule has 0 aromatic heterocycles. The summed E-state index contributed by atoms with van der Waals surface area (Å²) < 4.78 is 0. The Labute approximate surface area is 117 Å². The highest BCUT2D eigenvalue weighted by molar-refractivity contribution is 5.82. The Hall–Kier alpha value is -2.12. The molecule has 2 atom stereocenters. The van der Waals surface area contributed by atoms with Crippen molar-refractivity contribution in [2.24, 2.45) is 0 Å². The number of hydrogen-bond acceptors (Lipinski definition) is 4. The summed E-state index contributed by atoms with van der Waals surface area (Å²) in [5, 5.41) is 21.2. The molecular formula is C12H20N2O6. The zero-order valence-electron chi connectivity index (χ0n) is 11.5. The molecule has 0 aliphatic heterocycles. The van der Waals surface area contributed by atoms with Gasteiger partial charge in [-0.3, -0.25) is 9.59 Å². The second-order valence-electron chi connectivity index (χ2n) is 3.76. The molecule has 8 heteroatoms. The standard InChI is InChI=1S/2C6H10NO3/c2*1-3-5(6(9)10)7-4(2)8/h2*5H,1,3H2,2H3,(H,7,8)(H,9,10)/t2*5-/m10/s1. The van der Waals surface area contributed by atoms with Gasteiger partial charge in [0.05, 0.1) is 0 Å². The monoisotopic (exact) mass is 288 g/mol. The van der Waals surface area contributed by atoms with Crippen molar-refractivity contribution in [3.63, 3.8) is 0 Å². The van der Waals surface area contributed by atoms with Crippen LogP contribution < -0.4 is 10.6 Å². The number of nitrogens with one attached hydrogen (secondary N) is 2. The van der Waals surface area contributed by atoms with Crippen molar-refractivity contribution >= 4 is 23.8 Å². The number of carbonyl (C=O) groups excluding carboxylic acids is 2. The van der Waals surface area contributed by atoms with Crippen LogP contribution in [0.2, 0.25) is 0 Å². The quantitative estimate of drug-likeness (QED) is 0.525. The topological polar surface area (TPSA) is 133 Å². The number of carboxylic acids is 2. The highest BCUT2D eigenvalue weighted by Crippen LogP contribution is 1.89. The minimum atomic E-state index is -1.05. The second-order valence-corrected chi connectivity index (χ2v) is 3.76. The fraction of sp³-hybridized carbons (Fsp3) is 0.500. The lowest BCUT2D eigenvalue weighted by Gasteiger charge is -2.08. The third kappa shape index (κ3) is 11.0. The van der Waals surface area contributed by atoms with Crippen molar-refractivity contribution in [3.8, 4) is 0 Å². The van der Waals surface area contributed by atoms with Gasteiger partial charge in [0.25, 0.3) is 0 Å². The Balaban J connectivity index is 0. The highest BCUT2D eigenvalue weighted by atomic mass is 16.4. The van der Waals surface area contributed by atoms with E-state index in [1.54, 1.807) is 0 Å². The first-order valence-corrected chi connectivity index (χ1v) is 5.73. The van der Waals surface area contributed by atoms with Crippen LogP contribution in [-0.4, -0.2) is 46.0 Å². The maximum absolute atomic E-state index is 10.3. The maximum atomic E-state index is 10.3. The van der Waals surface area contributed by atoms with Crippen LogP contribution in [0.4, 0.5) is 0 Å². The zero-order valence-corrected chi connectivity index (χ0v) is 11.5. The number of rotatable bonds is 6. The van der Waals surface area contributed by atoms with E-state index < -0.39 is 24.0 Å². The van der Waals surface area contributed by atoms with Gasteiger partial charge in [-0.25, -0.2) is 9.59 Å². The number of hydrogen-bond donors (Lipinski definition) is 4. The normalized spacial score (nSPS) is 12.2. The largest absolute Gasteiger partial charge is 0.480 e. The molecule has 20 heavy (non-hydrogen) atoms. The predicted octanol–water partition coefficient (Wildman–Crippen LogP) is -0.400. The minimum Gasteiger partial charge on any atom is -0.480 e. The summed E-state index contributed by atoms with van der Waals surface area (Å²) >= 11 is 0. The molecule has 0 fully saturated rings. The summed E-state index contributed by atoms with van der Waals surface area (Å²) in [7, 11) is 0. The first-order chi connectivity index (χ1) is 9.15. The summed E-state index contributed by atoms with van der Waals surface area (Å²) in [6, 6.07) is -1.70. The summed E-state index contributed by atoms with van der Waals surface area (Å²) in [5.41, 5.74) is 0. The van der Waals surface area contributed by atoms with E-state index in [9.17, 15) is 19.2 Å². The molecule has 0 saturated heterocycles. The lowest BCUT2D eigenvalue weighted by molar-refractivity contribution is -0.141. The molecule has 0 spiro atoms. The molecular weight excluding hydrogens is 268 g/mol. The Morgan fingerprint density at radius 3 is 1.15 bits per heavy atom. The lowest BCUT2D eigenvalue weighted by atomic mass is 10.2. The second kappa shape index (κ2) is 10.8. The number of amides is 2. The fourth-order valence-electron chi connectivity index (χ4n) is 1.01. The van der Waals surface area contributed by atoms with Gasteiger partial charge in [0.2, 0.25) is 11.8 Å². The van der Waals surface area contributed by atoms with Gasteiger partial charge in [0.15, 0.2) is 0 Å². The molecule has 2 radical (unpaired) electrons. The third-order valence-corrected chi connectivity index (χ3v) is 1.93. The predicted molar refractivity (Wildman–Crippen MR) is 70.4 cm³/mol. The molecule has 0 aromatic rings. The molecule has 0 saturated carbocycles. The van der Waals surface area contributed by atoms with Crippen molar-refractivity contribution < 1.29 is 29.4 Å². The van der Waals surface area contributed by atoms with Crippen LogP contribution in [0.5, 0.6) is 0 Å². The van der Waals surface area contributed by atoms with E-state index >= 15 is 0 Å². The average Bonchev–Trinajstić information content (AvgIpc) is 2.32. The van der Waals surface area contributed by atoms with Crippen molar-refractivity contribution in [2.75, 3.05) is 0 Å². The van der Waals surface area contributed by atoms with Gasteiger partial charge < -0.3 is 20.8 Å². The van der Waals surface area contributed by atoms with Crippen LogP contribution in [0.1, 0.15) is 26.7 Å². The van der Waals surface area contributed by atoms with Crippen molar-refractivity contribution in [2.45, 2.75) is 38.8 Å². The Morgan fingerprint density at radius 1 is 0.850 bits per heavy atom. The maximum Gasteiger partial charge on any atom is 0.326 e. The molecule has 2 amide bonds. The number of carbonyl (C=O) groups is 4. The van der Waals surface area contributed by atoms with E-state index in [1.807, 2.05) is 0 Å². The van der Waals surface area contributed by atoms with E-state index in [0.29, 0.717) is 0 Å². The summed E-state index contributed by atoms with van der Waals surface area (Å²) in [6.07, 6.45) is 0.323. The van der Waals surface area contributed by atoms with E-state index in [4.69, 9.17) is 10.2 Å². The number of carboxylic acid groups (broad SMARTS) is 2. The third-order valence-electron chi connectivity index (χ3n) is 1.93. The molecule has 0 aliphatic rings. The van der Waals surface area contributed by atoms with E-state index in [0.717, 1.165) is 0 Å². The SMILES string of the molecule is [CH2]C[C@@H](NC(C)=O)C(=O)O.[CH2]C[C@H](NC(C)=O)C(=O)O. The first-order valence-electron chi connectivity index (χ1n) is 5.73. The Kier molecular flexibility index (Phi) is 10.9. The van der Waals surface area contributed by atoms with Crippen LogP contribution >= 0.6 is 0 Å². The molecule has 0 aliphatic carbocycles. The van der Waals surface area contributed by atoms with Gasteiger partial charge in [-0.2, -0.15) is 0 Å². The highest BCUT2D eigenvalue weighted by Gasteiger charge is 2.15. The van der Waals surface area contributed by atoms with Gasteiger partial charge in [-0.1, -0.05) is 13.8 Å². The molecule has 0 rings (SSSR count). The first kappa shape index (κ1) is 20.2. The average molecular weight is 288 g/mol. The lowest BCUT2D eigenvalue weighted by Crippen LogP contribution is -2.38. The molecule has 4 N–H and O–H groups in total. The Morgan fingerprint density at radius 2 is 1.10 bits per heavy atom. The molecule has 114 valence electrons. The smallest absolute Gasteiger partial charge is 0.326 e. The van der Waals surface area contributed by atoms with Crippen LogP contribution in [-0.2, 0) is 19.2 Å². The fourth-order valence-corrected chi connectivity index (χ4v) is 1.01. The van der Waals surface area contributed by atoms with E-state index in [2.05, 4.69) is 24.5 Å². The van der Waals surface area contributed by atoms with Gasteiger partial charge in [0, 0.05) is 13.8 Å². The van der Waals surface area contributed by atoms with Gasteiger partial charge in [-0.15, -0.1) is 0 Å². The van der Waals surface area contributed by atoms with Crippen LogP contribution in [0.25, 0.3) is 0 Å². The van der Waals surface area contributed by atoms with Gasteiger partial charge in [-0.05, 0) is 12.8 Å².